The van der Waals surface area contributed by atoms with Crippen LogP contribution in [0, 0.1) is 0 Å². The molecule has 3 aliphatic rings. The van der Waals surface area contributed by atoms with Crippen LogP contribution in [0.15, 0.2) is 24.3 Å². The van der Waals surface area contributed by atoms with Crippen molar-refractivity contribution in [2.75, 3.05) is 12.3 Å². The first-order valence-corrected chi connectivity index (χ1v) is 17.1. The minimum absolute atomic E-state index is 0. The predicted octanol–water partition coefficient (Wildman–Crippen LogP) is 6.67. The van der Waals surface area contributed by atoms with Crippen molar-refractivity contribution in [1.29, 1.82) is 0 Å². The molecule has 0 N–H and O–H groups in total. The quantitative estimate of drug-likeness (QED) is 0.130. The molecule has 0 aromatic carbocycles. The van der Waals surface area contributed by atoms with Crippen molar-refractivity contribution in [3.05, 3.63) is 24.3 Å². The van der Waals surface area contributed by atoms with Gasteiger partial charge >= 0.3 is 7.54 Å². The normalized spacial score (nSPS) is 28.6. The van der Waals surface area contributed by atoms with Crippen molar-refractivity contribution >= 4 is 23.4 Å². The second-order valence-corrected chi connectivity index (χ2v) is 16.1. The summed E-state index contributed by atoms with van der Waals surface area (Å²) >= 11 is 0. The molecule has 2 fully saturated rings. The van der Waals surface area contributed by atoms with Gasteiger partial charge in [-0.3, -0.25) is 12.9 Å². The largest absolute Gasteiger partial charge is 1.00 e. The van der Waals surface area contributed by atoms with Gasteiger partial charge in [-0.15, -0.1) is 0 Å². The van der Waals surface area contributed by atoms with Crippen LogP contribution in [-0.4, -0.2) is 42.5 Å². The number of halogens is 4. The van der Waals surface area contributed by atoms with Crippen LogP contribution in [-0.2, 0) is 19.5 Å². The SMILES string of the molecule is C1=C\CC/C=C\CC/1.CC[C@@H]1CC[C@@H](CC)[PH+]1CC[PH+]1[C@H](CC)CC[C@H]1CC.FB(F)F.[F-].[Rh]. The molecule has 1 radical (unpaired) electrons. The molecule has 8 heteroatoms. The molecular weight excluding hydrogens is 564 g/mol. The standard InChI is InChI=1S/C18H36P2.C8H12.BF3.FH.Rh/c1-5-15-9-10-16(6-2)19(15)13-14-20-17(7-3)11-12-18(20)8-4;1-2-4-6-8-7-5-3-1;2-1(3)4;;/h15-18H,5-14H2,1-4H3;1-2,7-8H,3-6H2;;1H;/p+1/b;2-1-,8-7-;;;/t15-,16-,17-,18-;;;;/m1..../s1. The second-order valence-electron chi connectivity index (χ2n) is 9.57. The molecule has 0 unspecified atom stereocenters. The third kappa shape index (κ3) is 14.5. The van der Waals surface area contributed by atoms with Crippen molar-refractivity contribution in [2.45, 2.75) is 127 Å². The Hall–Kier alpha value is 0.748. The maximum atomic E-state index is 9.67. The summed E-state index contributed by atoms with van der Waals surface area (Å²) in [4.78, 5) is 0. The maximum Gasteiger partial charge on any atom is 0.762 e. The maximum absolute atomic E-state index is 9.67. The molecule has 4 atom stereocenters. The Balaban J connectivity index is 0. The molecule has 0 saturated carbocycles. The van der Waals surface area contributed by atoms with Gasteiger partial charge in [-0.1, -0.05) is 52.0 Å². The smallest absolute Gasteiger partial charge is 0.762 e. The molecule has 0 amide bonds. The Kier molecular flexibility index (Phi) is 24.9. The van der Waals surface area contributed by atoms with Crippen molar-refractivity contribution in [3.8, 4) is 0 Å². The van der Waals surface area contributed by atoms with Gasteiger partial charge in [0.05, 0.1) is 35.0 Å². The summed E-state index contributed by atoms with van der Waals surface area (Å²) in [6.45, 7) is 9.84. The Morgan fingerprint density at radius 3 is 0.971 bits per heavy atom. The Morgan fingerprint density at radius 1 is 0.588 bits per heavy atom. The van der Waals surface area contributed by atoms with Crippen molar-refractivity contribution < 1.29 is 37.1 Å². The fraction of sp³-hybridized carbons (Fsp3) is 0.846. The van der Waals surface area contributed by atoms with Gasteiger partial charge in [0.2, 0.25) is 0 Å². The average molecular weight is 614 g/mol. The van der Waals surface area contributed by atoms with Crippen LogP contribution in [0.4, 0.5) is 12.9 Å². The van der Waals surface area contributed by atoms with Crippen LogP contribution < -0.4 is 4.70 Å². The van der Waals surface area contributed by atoms with Gasteiger partial charge in [0, 0.05) is 35.3 Å². The number of hydrogen-bond donors (Lipinski definition) is 0. The molecule has 0 aromatic rings. The summed E-state index contributed by atoms with van der Waals surface area (Å²) in [5.74, 6) is 0. The van der Waals surface area contributed by atoms with Gasteiger partial charge in [0.15, 0.2) is 0 Å². The molecule has 2 saturated heterocycles. The summed E-state index contributed by atoms with van der Waals surface area (Å²) in [6, 6.07) is 0. The first-order valence-electron chi connectivity index (χ1n) is 13.4. The first kappa shape index (κ1) is 36.9. The van der Waals surface area contributed by atoms with Crippen LogP contribution >= 0.6 is 15.8 Å². The Morgan fingerprint density at radius 2 is 0.794 bits per heavy atom. The fourth-order valence-corrected chi connectivity index (χ4v) is 15.6. The number of hydrogen-bond acceptors (Lipinski definition) is 0. The average Bonchev–Trinajstić information content (AvgIpc) is 3.34. The van der Waals surface area contributed by atoms with Crippen molar-refractivity contribution in [3.63, 3.8) is 0 Å². The van der Waals surface area contributed by atoms with E-state index in [1.807, 2.05) is 0 Å². The van der Waals surface area contributed by atoms with E-state index in [2.05, 4.69) is 52.0 Å². The van der Waals surface area contributed by atoms with E-state index in [-0.39, 0.29) is 40.0 Å². The molecule has 0 nitrogen and oxygen atoms in total. The van der Waals surface area contributed by atoms with Gasteiger partial charge < -0.3 is 4.70 Å². The van der Waals surface area contributed by atoms with Crippen molar-refractivity contribution in [2.24, 2.45) is 0 Å². The van der Waals surface area contributed by atoms with E-state index in [1.54, 1.807) is 38.0 Å². The van der Waals surface area contributed by atoms with E-state index in [4.69, 9.17) is 0 Å². The molecule has 2 heterocycles. The minimum Gasteiger partial charge on any atom is -1.00 e. The van der Waals surface area contributed by atoms with E-state index in [0.29, 0.717) is 0 Å². The molecule has 1 aliphatic carbocycles. The zero-order valence-electron chi connectivity index (χ0n) is 21.9. The van der Waals surface area contributed by atoms with Crippen LogP contribution in [0.3, 0.4) is 0 Å². The molecule has 203 valence electrons. The fourth-order valence-electron chi connectivity index (χ4n) is 6.04. The predicted molar refractivity (Wildman–Crippen MR) is 147 cm³/mol. The number of rotatable bonds is 7. The van der Waals surface area contributed by atoms with Gasteiger partial charge in [-0.25, -0.2) is 0 Å². The van der Waals surface area contributed by atoms with E-state index in [9.17, 15) is 12.9 Å². The Labute approximate surface area is 224 Å². The molecular formula is C26H50BF4P2Rh+. The van der Waals surface area contributed by atoms with E-state index in [1.165, 1.54) is 74.0 Å². The molecule has 0 bridgehead atoms. The third-order valence-electron chi connectivity index (χ3n) is 7.83. The number of allylic oxidation sites excluding steroid dienone is 4. The monoisotopic (exact) mass is 614 g/mol. The van der Waals surface area contributed by atoms with Gasteiger partial charge in [0.25, 0.3) is 0 Å². The molecule has 0 spiro atoms. The topological polar surface area (TPSA) is 0 Å². The molecule has 3 rings (SSSR count). The third-order valence-corrected chi connectivity index (χ3v) is 17.0. The summed E-state index contributed by atoms with van der Waals surface area (Å²) in [5.41, 5.74) is 4.70. The second kappa shape index (κ2) is 22.9. The van der Waals surface area contributed by atoms with Gasteiger partial charge in [-0.05, 0) is 77.0 Å². The summed E-state index contributed by atoms with van der Waals surface area (Å²) in [5, 5.41) is 0. The summed E-state index contributed by atoms with van der Waals surface area (Å²) in [7, 11) is -3.70. The zero-order valence-corrected chi connectivity index (χ0v) is 25.6. The molecule has 34 heavy (non-hydrogen) atoms. The van der Waals surface area contributed by atoms with Gasteiger partial charge in [0.1, 0.15) is 0 Å². The van der Waals surface area contributed by atoms with Crippen molar-refractivity contribution in [1.82, 2.24) is 0 Å². The molecule has 2 aliphatic heterocycles. The van der Waals surface area contributed by atoms with E-state index >= 15 is 0 Å². The van der Waals surface area contributed by atoms with E-state index < -0.39 is 7.54 Å². The van der Waals surface area contributed by atoms with Crippen LogP contribution in [0.2, 0.25) is 0 Å². The molecule has 0 aromatic heterocycles. The summed E-state index contributed by atoms with van der Waals surface area (Å²) in [6.07, 6.45) is 29.7. The van der Waals surface area contributed by atoms with Gasteiger partial charge in [-0.2, -0.15) is 0 Å². The Bertz CT molecular complexity index is 444. The first-order chi connectivity index (χ1) is 15.5. The van der Waals surface area contributed by atoms with Crippen LogP contribution in [0.5, 0.6) is 0 Å². The van der Waals surface area contributed by atoms with Crippen LogP contribution in [0.25, 0.3) is 0 Å². The van der Waals surface area contributed by atoms with E-state index in [0.717, 1.165) is 0 Å². The summed E-state index contributed by atoms with van der Waals surface area (Å²) < 4.78 is 29.0. The zero-order chi connectivity index (χ0) is 23.8. The van der Waals surface area contributed by atoms with Crippen LogP contribution in [0.1, 0.15) is 105 Å². The minimum atomic E-state index is -3.67.